The molecule has 0 bridgehead atoms. The van der Waals surface area contributed by atoms with Gasteiger partial charge in [-0.1, -0.05) is 12.1 Å². The van der Waals surface area contributed by atoms with Crippen LogP contribution in [0.25, 0.3) is 11.1 Å². The number of nitriles is 1. The number of rotatable bonds is 2. The zero-order valence-electron chi connectivity index (χ0n) is 12.3. The van der Waals surface area contributed by atoms with Crippen molar-refractivity contribution in [3.63, 3.8) is 0 Å². The lowest BCUT2D eigenvalue weighted by Gasteiger charge is -2.15. The molecular formula is C17H18N4. The second-order valence-corrected chi connectivity index (χ2v) is 5.58. The van der Waals surface area contributed by atoms with Gasteiger partial charge in [-0.15, -0.1) is 0 Å². The summed E-state index contributed by atoms with van der Waals surface area (Å²) in [5.74, 6) is 0.352. The molecular weight excluding hydrogens is 260 g/mol. The molecule has 2 N–H and O–H groups in total. The molecule has 0 amide bonds. The van der Waals surface area contributed by atoms with Gasteiger partial charge in [0.2, 0.25) is 0 Å². The Labute approximate surface area is 124 Å². The molecule has 0 aliphatic heterocycles. The summed E-state index contributed by atoms with van der Waals surface area (Å²) in [5.41, 5.74) is 11.9. The second-order valence-electron chi connectivity index (χ2n) is 5.58. The smallest absolute Gasteiger partial charge is 0.142 e. The highest BCUT2D eigenvalue weighted by Gasteiger charge is 2.23. The van der Waals surface area contributed by atoms with Gasteiger partial charge in [-0.25, -0.2) is 4.98 Å². The van der Waals surface area contributed by atoms with Crippen LogP contribution in [-0.4, -0.2) is 19.1 Å². The minimum Gasteiger partial charge on any atom is -0.383 e. The van der Waals surface area contributed by atoms with Crippen LogP contribution in [0.4, 0.5) is 11.5 Å². The fourth-order valence-electron chi connectivity index (χ4n) is 2.96. The number of nitrogens with zero attached hydrogens (tertiary/aromatic N) is 3. The zero-order chi connectivity index (χ0) is 15.0. The first-order valence-electron chi connectivity index (χ1n) is 7.11. The molecule has 0 spiro atoms. The molecule has 4 nitrogen and oxygen atoms in total. The standard InChI is InChI=1S/C17H18N4/c1-21(2)12-8-6-11(7-9-12)16-13-4-3-5-15(13)20-17(19)14(16)10-18/h6-9H,3-5H2,1-2H3,(H2,19,20). The third-order valence-electron chi connectivity index (χ3n) is 4.04. The van der Waals surface area contributed by atoms with Crippen LogP contribution >= 0.6 is 0 Å². The number of benzene rings is 1. The lowest BCUT2D eigenvalue weighted by atomic mass is 9.94. The summed E-state index contributed by atoms with van der Waals surface area (Å²) >= 11 is 0. The monoisotopic (exact) mass is 278 g/mol. The molecule has 0 fully saturated rings. The SMILES string of the molecule is CN(C)c1ccc(-c2c(C#N)c(N)nc3c2CCC3)cc1. The predicted octanol–water partition coefficient (Wildman–Crippen LogP) is 2.76. The Kier molecular flexibility index (Phi) is 3.26. The van der Waals surface area contributed by atoms with E-state index in [1.54, 1.807) is 0 Å². The Balaban J connectivity index is 2.20. The highest BCUT2D eigenvalue weighted by atomic mass is 15.1. The Morgan fingerprint density at radius 1 is 1.19 bits per heavy atom. The van der Waals surface area contributed by atoms with Gasteiger partial charge in [-0.2, -0.15) is 5.26 Å². The average Bonchev–Trinajstić information content (AvgIpc) is 2.93. The lowest BCUT2D eigenvalue weighted by molar-refractivity contribution is 0.900. The van der Waals surface area contributed by atoms with E-state index in [1.807, 2.05) is 14.1 Å². The van der Waals surface area contributed by atoms with Crippen LogP contribution in [0.2, 0.25) is 0 Å². The van der Waals surface area contributed by atoms with E-state index in [0.717, 1.165) is 41.8 Å². The van der Waals surface area contributed by atoms with Crippen LogP contribution in [0, 0.1) is 11.3 Å². The van der Waals surface area contributed by atoms with E-state index in [-0.39, 0.29) is 0 Å². The van der Waals surface area contributed by atoms with Crippen molar-refractivity contribution in [3.8, 4) is 17.2 Å². The Morgan fingerprint density at radius 2 is 1.90 bits per heavy atom. The van der Waals surface area contributed by atoms with E-state index in [2.05, 4.69) is 40.2 Å². The highest BCUT2D eigenvalue weighted by Crippen LogP contribution is 2.36. The molecule has 1 heterocycles. The summed E-state index contributed by atoms with van der Waals surface area (Å²) in [4.78, 5) is 6.46. The first-order valence-corrected chi connectivity index (χ1v) is 7.11. The summed E-state index contributed by atoms with van der Waals surface area (Å²) in [6, 6.07) is 10.5. The first-order chi connectivity index (χ1) is 10.1. The molecule has 4 heteroatoms. The van der Waals surface area contributed by atoms with Crippen molar-refractivity contribution in [3.05, 3.63) is 41.1 Å². The number of pyridine rings is 1. The van der Waals surface area contributed by atoms with E-state index in [0.29, 0.717) is 11.4 Å². The molecule has 2 aromatic rings. The zero-order valence-corrected chi connectivity index (χ0v) is 12.3. The summed E-state index contributed by atoms with van der Waals surface area (Å²) in [5, 5.41) is 9.46. The molecule has 1 aromatic heterocycles. The van der Waals surface area contributed by atoms with Crippen LogP contribution in [-0.2, 0) is 12.8 Å². The minimum absolute atomic E-state index is 0.352. The third-order valence-corrected chi connectivity index (χ3v) is 4.04. The van der Waals surface area contributed by atoms with E-state index in [1.165, 1.54) is 5.56 Å². The second kappa shape index (κ2) is 5.10. The van der Waals surface area contributed by atoms with Crippen LogP contribution in [0.5, 0.6) is 0 Å². The molecule has 0 atom stereocenters. The van der Waals surface area contributed by atoms with Crippen molar-refractivity contribution in [2.45, 2.75) is 19.3 Å². The van der Waals surface area contributed by atoms with Crippen molar-refractivity contribution in [1.29, 1.82) is 5.26 Å². The molecule has 3 rings (SSSR count). The third kappa shape index (κ3) is 2.21. The van der Waals surface area contributed by atoms with Crippen molar-refractivity contribution >= 4 is 11.5 Å². The fourth-order valence-corrected chi connectivity index (χ4v) is 2.96. The van der Waals surface area contributed by atoms with Gasteiger partial charge in [0.1, 0.15) is 17.5 Å². The maximum absolute atomic E-state index is 9.46. The number of fused-ring (bicyclic) bond motifs is 1. The maximum atomic E-state index is 9.46. The van der Waals surface area contributed by atoms with Gasteiger partial charge in [0.25, 0.3) is 0 Å². The van der Waals surface area contributed by atoms with Crippen LogP contribution in [0.3, 0.4) is 0 Å². The molecule has 0 saturated carbocycles. The van der Waals surface area contributed by atoms with Crippen molar-refractivity contribution in [2.24, 2.45) is 0 Å². The topological polar surface area (TPSA) is 65.9 Å². The van der Waals surface area contributed by atoms with Crippen molar-refractivity contribution in [1.82, 2.24) is 4.98 Å². The Morgan fingerprint density at radius 3 is 2.52 bits per heavy atom. The highest BCUT2D eigenvalue weighted by molar-refractivity contribution is 5.80. The molecule has 21 heavy (non-hydrogen) atoms. The number of hydrogen-bond donors (Lipinski definition) is 1. The van der Waals surface area contributed by atoms with E-state index in [4.69, 9.17) is 5.73 Å². The number of hydrogen-bond acceptors (Lipinski definition) is 4. The van der Waals surface area contributed by atoms with E-state index >= 15 is 0 Å². The van der Waals surface area contributed by atoms with Gasteiger partial charge in [-0.3, -0.25) is 0 Å². The molecule has 106 valence electrons. The molecule has 1 aliphatic rings. The number of aryl methyl sites for hydroxylation is 1. The van der Waals surface area contributed by atoms with E-state index in [9.17, 15) is 5.26 Å². The van der Waals surface area contributed by atoms with Gasteiger partial charge in [0.15, 0.2) is 0 Å². The minimum atomic E-state index is 0.352. The van der Waals surface area contributed by atoms with Gasteiger partial charge in [0.05, 0.1) is 0 Å². The van der Waals surface area contributed by atoms with Gasteiger partial charge < -0.3 is 10.6 Å². The summed E-state index contributed by atoms with van der Waals surface area (Å²) in [6.07, 6.45) is 3.01. The number of nitrogens with two attached hydrogens (primary N) is 1. The molecule has 0 saturated heterocycles. The number of aromatic nitrogens is 1. The Hall–Kier alpha value is -2.54. The maximum Gasteiger partial charge on any atom is 0.142 e. The number of nitrogen functional groups attached to an aromatic ring is 1. The quantitative estimate of drug-likeness (QED) is 0.917. The van der Waals surface area contributed by atoms with Gasteiger partial charge in [-0.05, 0) is 42.5 Å². The summed E-state index contributed by atoms with van der Waals surface area (Å²) < 4.78 is 0. The molecule has 1 aromatic carbocycles. The van der Waals surface area contributed by atoms with Crippen LogP contribution in [0.15, 0.2) is 24.3 Å². The predicted molar refractivity (Wildman–Crippen MR) is 85.2 cm³/mol. The normalized spacial score (nSPS) is 12.8. The molecule has 0 radical (unpaired) electrons. The average molecular weight is 278 g/mol. The van der Waals surface area contributed by atoms with Crippen LogP contribution in [0.1, 0.15) is 23.2 Å². The first kappa shape index (κ1) is 13.4. The lowest BCUT2D eigenvalue weighted by Crippen LogP contribution is -2.08. The number of anilines is 2. The molecule has 1 aliphatic carbocycles. The van der Waals surface area contributed by atoms with Crippen molar-refractivity contribution in [2.75, 3.05) is 24.7 Å². The molecule has 0 unspecified atom stereocenters. The largest absolute Gasteiger partial charge is 0.383 e. The van der Waals surface area contributed by atoms with Gasteiger partial charge >= 0.3 is 0 Å². The van der Waals surface area contributed by atoms with E-state index < -0.39 is 0 Å². The summed E-state index contributed by atoms with van der Waals surface area (Å²) in [6.45, 7) is 0. The summed E-state index contributed by atoms with van der Waals surface area (Å²) in [7, 11) is 4.02. The van der Waals surface area contributed by atoms with Gasteiger partial charge in [0, 0.05) is 31.0 Å². The fraction of sp³-hybridized carbons (Fsp3) is 0.294. The van der Waals surface area contributed by atoms with Crippen molar-refractivity contribution < 1.29 is 0 Å². The Bertz CT molecular complexity index is 723. The van der Waals surface area contributed by atoms with Crippen LogP contribution < -0.4 is 10.6 Å².